The fourth-order valence-corrected chi connectivity index (χ4v) is 3.31. The quantitative estimate of drug-likeness (QED) is 0.340. The second-order valence-electron chi connectivity index (χ2n) is 6.64. The van der Waals surface area contributed by atoms with Gasteiger partial charge in [0, 0.05) is 5.69 Å². The Morgan fingerprint density at radius 1 is 1.07 bits per heavy atom. The predicted octanol–water partition coefficient (Wildman–Crippen LogP) is 6.14. The number of ether oxygens (including phenoxy) is 1. The van der Waals surface area contributed by atoms with Gasteiger partial charge < -0.3 is 10.1 Å². The highest BCUT2D eigenvalue weighted by atomic mass is 79.9. The fraction of sp³-hybridized carbons (Fsp3) is 0.120. The molecule has 0 radical (unpaired) electrons. The van der Waals surface area contributed by atoms with Gasteiger partial charge in [-0.25, -0.2) is 0 Å². The summed E-state index contributed by atoms with van der Waals surface area (Å²) >= 11 is 3.50. The molecule has 3 rings (SSSR count). The smallest absolute Gasteiger partial charge is 0.266 e. The molecule has 0 aliphatic rings. The molecule has 150 valence electrons. The van der Waals surface area contributed by atoms with Crippen molar-refractivity contribution >= 4 is 33.6 Å². The van der Waals surface area contributed by atoms with Crippen LogP contribution in [0.15, 0.2) is 82.8 Å². The summed E-state index contributed by atoms with van der Waals surface area (Å²) in [5.41, 5.74) is 3.66. The van der Waals surface area contributed by atoms with Gasteiger partial charge in [0.15, 0.2) is 0 Å². The van der Waals surface area contributed by atoms with Crippen LogP contribution in [-0.2, 0) is 17.8 Å². The Labute approximate surface area is 184 Å². The lowest BCUT2D eigenvalue weighted by Crippen LogP contribution is -2.13. The first-order valence-corrected chi connectivity index (χ1v) is 10.4. The molecule has 3 aromatic carbocycles. The average Bonchev–Trinajstić information content (AvgIpc) is 2.78. The van der Waals surface area contributed by atoms with Crippen molar-refractivity contribution in [3.63, 3.8) is 0 Å². The molecule has 0 fully saturated rings. The Hall–Kier alpha value is -3.36. The number of nitriles is 1. The first-order chi connectivity index (χ1) is 14.6. The van der Waals surface area contributed by atoms with E-state index in [2.05, 4.69) is 28.2 Å². The lowest BCUT2D eigenvalue weighted by Gasteiger charge is -2.09. The highest BCUT2D eigenvalue weighted by Gasteiger charge is 2.10. The first kappa shape index (κ1) is 21.4. The fourth-order valence-electron chi connectivity index (χ4n) is 2.80. The van der Waals surface area contributed by atoms with Gasteiger partial charge >= 0.3 is 0 Å². The Bertz CT molecular complexity index is 1080. The van der Waals surface area contributed by atoms with Crippen LogP contribution in [0.1, 0.15) is 23.6 Å². The topological polar surface area (TPSA) is 62.1 Å². The largest absolute Gasteiger partial charge is 0.488 e. The van der Waals surface area contributed by atoms with Crippen molar-refractivity contribution in [2.45, 2.75) is 20.0 Å². The number of halogens is 1. The van der Waals surface area contributed by atoms with Gasteiger partial charge in [-0.3, -0.25) is 4.79 Å². The van der Waals surface area contributed by atoms with E-state index in [0.29, 0.717) is 18.0 Å². The Morgan fingerprint density at radius 2 is 1.80 bits per heavy atom. The van der Waals surface area contributed by atoms with E-state index >= 15 is 0 Å². The molecule has 0 atom stereocenters. The molecule has 0 heterocycles. The van der Waals surface area contributed by atoms with E-state index in [1.807, 2.05) is 78.9 Å². The number of rotatable bonds is 7. The monoisotopic (exact) mass is 460 g/mol. The molecule has 0 aromatic heterocycles. The van der Waals surface area contributed by atoms with Crippen molar-refractivity contribution in [3.05, 3.63) is 99.5 Å². The summed E-state index contributed by atoms with van der Waals surface area (Å²) in [6, 6.07) is 24.9. The summed E-state index contributed by atoms with van der Waals surface area (Å²) in [7, 11) is 0. The van der Waals surface area contributed by atoms with E-state index in [0.717, 1.165) is 22.0 Å². The maximum Gasteiger partial charge on any atom is 0.266 e. The zero-order chi connectivity index (χ0) is 21.3. The molecule has 0 aliphatic carbocycles. The molecule has 0 saturated carbocycles. The highest BCUT2D eigenvalue weighted by Crippen LogP contribution is 2.28. The number of carbonyl (C=O) groups excluding carboxylic acids is 1. The van der Waals surface area contributed by atoms with Crippen molar-refractivity contribution in [2.75, 3.05) is 5.32 Å². The van der Waals surface area contributed by atoms with Crippen LogP contribution in [-0.4, -0.2) is 5.91 Å². The summed E-state index contributed by atoms with van der Waals surface area (Å²) in [5.74, 6) is 0.247. The number of aryl methyl sites for hydroxylation is 1. The third kappa shape index (κ3) is 5.82. The molecule has 30 heavy (non-hydrogen) atoms. The number of nitrogens with zero attached hydrogens (tertiary/aromatic N) is 1. The van der Waals surface area contributed by atoms with Crippen LogP contribution in [0.3, 0.4) is 0 Å². The maximum atomic E-state index is 12.5. The molecule has 0 saturated heterocycles. The number of anilines is 1. The summed E-state index contributed by atoms with van der Waals surface area (Å²) in [6.45, 7) is 2.53. The summed E-state index contributed by atoms with van der Waals surface area (Å²) in [4.78, 5) is 12.5. The molecule has 3 aromatic rings. The molecular weight excluding hydrogens is 440 g/mol. The molecule has 0 bridgehead atoms. The van der Waals surface area contributed by atoms with Gasteiger partial charge in [0.25, 0.3) is 5.91 Å². The molecule has 5 heteroatoms. The van der Waals surface area contributed by atoms with E-state index in [-0.39, 0.29) is 5.57 Å². The molecule has 0 spiro atoms. The van der Waals surface area contributed by atoms with Gasteiger partial charge in [-0.15, -0.1) is 0 Å². The van der Waals surface area contributed by atoms with Crippen molar-refractivity contribution in [1.82, 2.24) is 0 Å². The third-order valence-corrected chi connectivity index (χ3v) is 5.11. The first-order valence-electron chi connectivity index (χ1n) is 9.57. The normalized spacial score (nSPS) is 10.9. The molecule has 0 aliphatic heterocycles. The average molecular weight is 461 g/mol. The summed E-state index contributed by atoms with van der Waals surface area (Å²) in [5, 5.41) is 12.2. The summed E-state index contributed by atoms with van der Waals surface area (Å²) in [6.07, 6.45) is 2.49. The zero-order valence-corrected chi connectivity index (χ0v) is 18.1. The van der Waals surface area contributed by atoms with Crippen LogP contribution in [0.5, 0.6) is 5.75 Å². The van der Waals surface area contributed by atoms with Crippen molar-refractivity contribution in [1.29, 1.82) is 5.26 Å². The van der Waals surface area contributed by atoms with E-state index in [4.69, 9.17) is 4.74 Å². The lowest BCUT2D eigenvalue weighted by molar-refractivity contribution is -0.112. The van der Waals surface area contributed by atoms with Gasteiger partial charge in [-0.1, -0.05) is 55.5 Å². The van der Waals surface area contributed by atoms with Crippen molar-refractivity contribution < 1.29 is 9.53 Å². The minimum absolute atomic E-state index is 0.0272. The molecule has 1 N–H and O–H groups in total. The maximum absolute atomic E-state index is 12.5. The Kier molecular flexibility index (Phi) is 7.42. The van der Waals surface area contributed by atoms with Crippen LogP contribution in [0.25, 0.3) is 6.08 Å². The van der Waals surface area contributed by atoms with Gasteiger partial charge in [0.2, 0.25) is 0 Å². The van der Waals surface area contributed by atoms with Crippen LogP contribution in [0, 0.1) is 11.3 Å². The highest BCUT2D eigenvalue weighted by molar-refractivity contribution is 9.10. The molecule has 0 unspecified atom stereocenters. The van der Waals surface area contributed by atoms with E-state index < -0.39 is 5.91 Å². The van der Waals surface area contributed by atoms with Crippen LogP contribution in [0.4, 0.5) is 5.69 Å². The number of carbonyl (C=O) groups is 1. The van der Waals surface area contributed by atoms with Crippen LogP contribution >= 0.6 is 15.9 Å². The van der Waals surface area contributed by atoms with E-state index in [1.165, 1.54) is 5.56 Å². The van der Waals surface area contributed by atoms with Crippen LogP contribution in [0.2, 0.25) is 0 Å². The van der Waals surface area contributed by atoms with Crippen LogP contribution < -0.4 is 10.1 Å². The standard InChI is InChI=1S/C25H21BrN2O2/c1-2-18-8-11-22(12-9-18)28-25(29)21(16-27)14-20-10-13-24(23(26)15-20)30-17-19-6-4-3-5-7-19/h3-15H,2,17H2,1H3,(H,28,29)/b21-14+. The zero-order valence-electron chi connectivity index (χ0n) is 16.6. The van der Waals surface area contributed by atoms with E-state index in [1.54, 1.807) is 6.08 Å². The second-order valence-corrected chi connectivity index (χ2v) is 7.49. The lowest BCUT2D eigenvalue weighted by atomic mass is 10.1. The molecule has 4 nitrogen and oxygen atoms in total. The number of hydrogen-bond acceptors (Lipinski definition) is 3. The molecular formula is C25H21BrN2O2. The van der Waals surface area contributed by atoms with Gasteiger partial charge in [0.05, 0.1) is 4.47 Å². The number of hydrogen-bond donors (Lipinski definition) is 1. The Morgan fingerprint density at radius 3 is 2.43 bits per heavy atom. The predicted molar refractivity (Wildman–Crippen MR) is 123 cm³/mol. The second kappa shape index (κ2) is 10.4. The minimum atomic E-state index is -0.442. The van der Waals surface area contributed by atoms with E-state index in [9.17, 15) is 10.1 Å². The van der Waals surface area contributed by atoms with Gasteiger partial charge in [-0.05, 0) is 69.4 Å². The SMILES string of the molecule is CCc1ccc(NC(=O)/C(C#N)=C/c2ccc(OCc3ccccc3)c(Br)c2)cc1. The third-order valence-electron chi connectivity index (χ3n) is 4.49. The number of benzene rings is 3. The molecule has 1 amide bonds. The number of nitrogens with one attached hydrogen (secondary N) is 1. The van der Waals surface area contributed by atoms with Crippen molar-refractivity contribution in [3.8, 4) is 11.8 Å². The minimum Gasteiger partial charge on any atom is -0.488 e. The van der Waals surface area contributed by atoms with Gasteiger partial charge in [0.1, 0.15) is 24.0 Å². The summed E-state index contributed by atoms with van der Waals surface area (Å²) < 4.78 is 6.59. The Balaban J connectivity index is 1.69. The van der Waals surface area contributed by atoms with Gasteiger partial charge in [-0.2, -0.15) is 5.26 Å². The number of amides is 1. The van der Waals surface area contributed by atoms with Crippen molar-refractivity contribution in [2.24, 2.45) is 0 Å².